The molecule has 1 amide bonds. The molecule has 0 bridgehead atoms. The van der Waals surface area contributed by atoms with Gasteiger partial charge in [-0.25, -0.2) is 0 Å². The summed E-state index contributed by atoms with van der Waals surface area (Å²) < 4.78 is 0. The minimum Gasteiger partial charge on any atom is -0.481 e. The van der Waals surface area contributed by atoms with E-state index in [9.17, 15) is 9.59 Å². The molecule has 0 atom stereocenters. The Morgan fingerprint density at radius 1 is 1.10 bits per heavy atom. The average molecular weight is 277 g/mol. The second kappa shape index (κ2) is 6.07. The molecule has 4 nitrogen and oxygen atoms in total. The van der Waals surface area contributed by atoms with Gasteiger partial charge in [0.25, 0.3) is 0 Å². The van der Waals surface area contributed by atoms with Crippen molar-refractivity contribution in [1.29, 1.82) is 0 Å². The van der Waals surface area contributed by atoms with Gasteiger partial charge in [0.05, 0.1) is 6.42 Å². The fourth-order valence-electron chi connectivity index (χ4n) is 2.29. The third-order valence-corrected chi connectivity index (χ3v) is 3.23. The Morgan fingerprint density at radius 2 is 1.60 bits per heavy atom. The fourth-order valence-corrected chi connectivity index (χ4v) is 2.29. The van der Waals surface area contributed by atoms with E-state index in [0.29, 0.717) is 0 Å². The van der Waals surface area contributed by atoms with Crippen molar-refractivity contribution in [1.82, 2.24) is 0 Å². The van der Waals surface area contributed by atoms with Gasteiger partial charge < -0.3 is 10.0 Å². The smallest absolute Gasteiger partial charge is 0.303 e. The molecule has 1 rings (SSSR count). The zero-order valence-corrected chi connectivity index (χ0v) is 12.9. The molecule has 1 N–H and O–H groups in total. The molecule has 0 heterocycles. The third kappa shape index (κ3) is 4.68. The van der Waals surface area contributed by atoms with Gasteiger partial charge in [-0.1, -0.05) is 19.9 Å². The lowest BCUT2D eigenvalue weighted by Crippen LogP contribution is -2.32. The average Bonchev–Trinajstić information content (AvgIpc) is 2.23. The topological polar surface area (TPSA) is 57.6 Å². The summed E-state index contributed by atoms with van der Waals surface area (Å²) in [4.78, 5) is 24.7. The number of amides is 1. The van der Waals surface area contributed by atoms with E-state index in [1.165, 1.54) is 0 Å². The second-order valence-electron chi connectivity index (χ2n) is 6.21. The molecular weight excluding hydrogens is 254 g/mol. The Labute approximate surface area is 120 Å². The number of carbonyl (C=O) groups is 2. The quantitative estimate of drug-likeness (QED) is 0.899. The van der Waals surface area contributed by atoms with Gasteiger partial charge in [0.15, 0.2) is 0 Å². The van der Waals surface area contributed by atoms with E-state index < -0.39 is 11.4 Å². The van der Waals surface area contributed by atoms with Crippen LogP contribution in [0.3, 0.4) is 0 Å². The maximum atomic E-state index is 12.3. The van der Waals surface area contributed by atoms with E-state index in [1.54, 1.807) is 25.8 Å². The van der Waals surface area contributed by atoms with Gasteiger partial charge in [0.1, 0.15) is 0 Å². The number of hydrogen-bond acceptors (Lipinski definition) is 2. The highest BCUT2D eigenvalue weighted by molar-refractivity contribution is 5.93. The molecular formula is C16H23NO3. The summed E-state index contributed by atoms with van der Waals surface area (Å²) in [5.74, 6) is -0.946. The molecule has 0 saturated heterocycles. The van der Waals surface area contributed by atoms with Crippen molar-refractivity contribution in [3.63, 3.8) is 0 Å². The number of carboxylic acids is 1. The standard InChI is InChI=1S/C16H23NO3/c1-11-6-12(2)8-13(7-11)17(5)14(18)9-16(3,4)10-15(19)20/h6-8H,9-10H2,1-5H3,(H,19,20). The molecule has 0 aliphatic rings. The molecule has 1 aromatic rings. The lowest BCUT2D eigenvalue weighted by atomic mass is 9.85. The summed E-state index contributed by atoms with van der Waals surface area (Å²) in [5.41, 5.74) is 2.50. The summed E-state index contributed by atoms with van der Waals surface area (Å²) >= 11 is 0. The lowest BCUT2D eigenvalue weighted by molar-refractivity contribution is -0.139. The predicted octanol–water partition coefficient (Wildman–Crippen LogP) is 3.16. The van der Waals surface area contributed by atoms with Crippen LogP contribution < -0.4 is 4.90 Å². The highest BCUT2D eigenvalue weighted by Crippen LogP contribution is 2.27. The van der Waals surface area contributed by atoms with Crippen molar-refractivity contribution < 1.29 is 14.7 Å². The maximum absolute atomic E-state index is 12.3. The van der Waals surface area contributed by atoms with Crippen LogP contribution >= 0.6 is 0 Å². The molecule has 0 aliphatic carbocycles. The minimum atomic E-state index is -0.878. The van der Waals surface area contributed by atoms with Crippen molar-refractivity contribution >= 4 is 17.6 Å². The van der Waals surface area contributed by atoms with E-state index >= 15 is 0 Å². The number of nitrogens with zero attached hydrogens (tertiary/aromatic N) is 1. The van der Waals surface area contributed by atoms with Crippen molar-refractivity contribution in [2.24, 2.45) is 5.41 Å². The van der Waals surface area contributed by atoms with Crippen LogP contribution in [0.4, 0.5) is 5.69 Å². The van der Waals surface area contributed by atoms with Gasteiger partial charge in [-0.15, -0.1) is 0 Å². The zero-order valence-electron chi connectivity index (χ0n) is 12.9. The number of aryl methyl sites for hydroxylation is 2. The van der Waals surface area contributed by atoms with E-state index in [2.05, 4.69) is 6.07 Å². The van der Waals surface area contributed by atoms with Crippen LogP contribution in [0.15, 0.2) is 18.2 Å². The summed E-state index contributed by atoms with van der Waals surface area (Å²) in [5, 5.41) is 8.87. The van der Waals surface area contributed by atoms with E-state index in [0.717, 1.165) is 16.8 Å². The molecule has 20 heavy (non-hydrogen) atoms. The summed E-state index contributed by atoms with van der Waals surface area (Å²) in [7, 11) is 1.73. The molecule has 4 heteroatoms. The van der Waals surface area contributed by atoms with E-state index in [-0.39, 0.29) is 18.7 Å². The SMILES string of the molecule is Cc1cc(C)cc(N(C)C(=O)CC(C)(C)CC(=O)O)c1. The molecule has 0 spiro atoms. The first-order chi connectivity index (χ1) is 9.10. The number of benzene rings is 1. The van der Waals surface area contributed by atoms with Gasteiger partial charge >= 0.3 is 5.97 Å². The Morgan fingerprint density at radius 3 is 2.05 bits per heavy atom. The van der Waals surface area contributed by atoms with Crippen molar-refractivity contribution in [2.75, 3.05) is 11.9 Å². The summed E-state index contributed by atoms with van der Waals surface area (Å²) in [6.45, 7) is 7.58. The fraction of sp³-hybridized carbons (Fsp3) is 0.500. The van der Waals surface area contributed by atoms with Crippen molar-refractivity contribution in [2.45, 2.75) is 40.5 Å². The Hall–Kier alpha value is -1.84. The predicted molar refractivity (Wildman–Crippen MR) is 80.0 cm³/mol. The third-order valence-electron chi connectivity index (χ3n) is 3.23. The van der Waals surface area contributed by atoms with Crippen LogP contribution in [-0.2, 0) is 9.59 Å². The number of anilines is 1. The normalized spacial score (nSPS) is 11.2. The first-order valence-corrected chi connectivity index (χ1v) is 6.67. The first kappa shape index (κ1) is 16.2. The highest BCUT2D eigenvalue weighted by Gasteiger charge is 2.27. The number of carboxylic acid groups (broad SMARTS) is 1. The summed E-state index contributed by atoms with van der Waals surface area (Å²) in [6.07, 6.45) is 0.197. The molecule has 0 unspecified atom stereocenters. The van der Waals surface area contributed by atoms with Crippen LogP contribution in [0.1, 0.15) is 37.8 Å². The molecule has 110 valence electrons. The molecule has 0 aromatic heterocycles. The number of carbonyl (C=O) groups excluding carboxylic acids is 1. The molecule has 0 radical (unpaired) electrons. The molecule has 1 aromatic carbocycles. The highest BCUT2D eigenvalue weighted by atomic mass is 16.4. The number of aliphatic carboxylic acids is 1. The van der Waals surface area contributed by atoms with Crippen LogP contribution in [0.25, 0.3) is 0 Å². The van der Waals surface area contributed by atoms with Crippen LogP contribution in [0.2, 0.25) is 0 Å². The Bertz CT molecular complexity index is 500. The maximum Gasteiger partial charge on any atom is 0.303 e. The van der Waals surface area contributed by atoms with E-state index in [4.69, 9.17) is 5.11 Å². The number of hydrogen-bond donors (Lipinski definition) is 1. The molecule has 0 saturated carbocycles. The van der Waals surface area contributed by atoms with Gasteiger partial charge in [-0.05, 0) is 42.5 Å². The first-order valence-electron chi connectivity index (χ1n) is 6.67. The molecule has 0 fully saturated rings. The van der Waals surface area contributed by atoms with Crippen LogP contribution in [-0.4, -0.2) is 24.0 Å². The minimum absolute atomic E-state index is 0.0145. The largest absolute Gasteiger partial charge is 0.481 e. The van der Waals surface area contributed by atoms with Crippen molar-refractivity contribution in [3.05, 3.63) is 29.3 Å². The van der Waals surface area contributed by atoms with Crippen LogP contribution in [0.5, 0.6) is 0 Å². The Balaban J connectivity index is 2.84. The van der Waals surface area contributed by atoms with Gasteiger partial charge in [-0.2, -0.15) is 0 Å². The van der Waals surface area contributed by atoms with Gasteiger partial charge in [0.2, 0.25) is 5.91 Å². The van der Waals surface area contributed by atoms with Crippen LogP contribution in [0, 0.1) is 19.3 Å². The summed E-state index contributed by atoms with van der Waals surface area (Å²) in [6, 6.07) is 5.96. The lowest BCUT2D eigenvalue weighted by Gasteiger charge is -2.26. The molecule has 0 aliphatic heterocycles. The van der Waals surface area contributed by atoms with E-state index in [1.807, 2.05) is 26.0 Å². The number of rotatable bonds is 5. The second-order valence-corrected chi connectivity index (χ2v) is 6.21. The van der Waals surface area contributed by atoms with Gasteiger partial charge in [0, 0.05) is 19.2 Å². The monoisotopic (exact) mass is 277 g/mol. The Kier molecular flexibility index (Phi) is 4.93. The zero-order chi connectivity index (χ0) is 15.5. The van der Waals surface area contributed by atoms with Gasteiger partial charge in [-0.3, -0.25) is 9.59 Å². The van der Waals surface area contributed by atoms with Crippen molar-refractivity contribution in [3.8, 4) is 0 Å².